The summed E-state index contributed by atoms with van der Waals surface area (Å²) in [6, 6.07) is 0. The number of methoxy groups -OCH3 is 1. The molecule has 1 saturated heterocycles. The van der Waals surface area contributed by atoms with Gasteiger partial charge in [0.15, 0.2) is 6.29 Å². The fourth-order valence-corrected chi connectivity index (χ4v) is 1.28. The molecular formula is C8H17NO2. The van der Waals surface area contributed by atoms with Crippen molar-refractivity contribution in [2.24, 2.45) is 0 Å². The summed E-state index contributed by atoms with van der Waals surface area (Å²) in [5, 5.41) is 3.25. The second kappa shape index (κ2) is 4.70. The highest BCUT2D eigenvalue weighted by molar-refractivity contribution is 4.71. The molecule has 0 spiro atoms. The Hall–Kier alpha value is -0.120. The van der Waals surface area contributed by atoms with E-state index in [9.17, 15) is 0 Å². The molecule has 1 N–H and O–H groups in total. The lowest BCUT2D eigenvalue weighted by Gasteiger charge is -2.18. The Morgan fingerprint density at radius 1 is 1.64 bits per heavy atom. The van der Waals surface area contributed by atoms with Crippen molar-refractivity contribution < 1.29 is 9.47 Å². The standard InChI is InChI=1S/C8H17NO2/c1-3-8(10-2)11-7-4-5-9-6-7/h7-9H,3-6H2,1-2H3. The molecule has 1 rings (SSSR count). The molecule has 0 aromatic heterocycles. The van der Waals surface area contributed by atoms with E-state index in [4.69, 9.17) is 9.47 Å². The van der Waals surface area contributed by atoms with Gasteiger partial charge in [-0.15, -0.1) is 0 Å². The number of nitrogens with one attached hydrogen (secondary N) is 1. The van der Waals surface area contributed by atoms with Crippen LogP contribution in [0.4, 0.5) is 0 Å². The van der Waals surface area contributed by atoms with Crippen LogP contribution in [-0.2, 0) is 9.47 Å². The highest BCUT2D eigenvalue weighted by atomic mass is 16.7. The van der Waals surface area contributed by atoms with Crippen LogP contribution in [0.25, 0.3) is 0 Å². The maximum atomic E-state index is 5.62. The van der Waals surface area contributed by atoms with Crippen molar-refractivity contribution in [2.45, 2.75) is 32.2 Å². The first-order valence-electron chi connectivity index (χ1n) is 4.25. The molecule has 1 aliphatic heterocycles. The van der Waals surface area contributed by atoms with E-state index in [0.29, 0.717) is 6.10 Å². The van der Waals surface area contributed by atoms with Crippen LogP contribution in [0.15, 0.2) is 0 Å². The Kier molecular flexibility index (Phi) is 3.83. The SMILES string of the molecule is CCC(OC)OC1CCNC1. The highest BCUT2D eigenvalue weighted by Gasteiger charge is 2.18. The first-order valence-corrected chi connectivity index (χ1v) is 4.25. The van der Waals surface area contributed by atoms with Crippen LogP contribution >= 0.6 is 0 Å². The molecule has 0 aliphatic carbocycles. The summed E-state index contributed by atoms with van der Waals surface area (Å²) in [5.74, 6) is 0. The van der Waals surface area contributed by atoms with Gasteiger partial charge in [0, 0.05) is 13.7 Å². The van der Waals surface area contributed by atoms with Gasteiger partial charge in [-0.2, -0.15) is 0 Å². The third-order valence-corrected chi connectivity index (χ3v) is 1.96. The van der Waals surface area contributed by atoms with Gasteiger partial charge in [0.05, 0.1) is 6.10 Å². The lowest BCUT2D eigenvalue weighted by atomic mass is 10.3. The second-order valence-corrected chi connectivity index (χ2v) is 2.82. The van der Waals surface area contributed by atoms with Crippen molar-refractivity contribution >= 4 is 0 Å². The normalized spacial score (nSPS) is 27.3. The van der Waals surface area contributed by atoms with Gasteiger partial charge in [0.2, 0.25) is 0 Å². The quantitative estimate of drug-likeness (QED) is 0.614. The first kappa shape index (κ1) is 8.97. The van der Waals surface area contributed by atoms with E-state index in [-0.39, 0.29) is 6.29 Å². The van der Waals surface area contributed by atoms with E-state index in [0.717, 1.165) is 25.9 Å². The van der Waals surface area contributed by atoms with E-state index < -0.39 is 0 Å². The van der Waals surface area contributed by atoms with Gasteiger partial charge >= 0.3 is 0 Å². The molecule has 0 amide bonds. The number of rotatable bonds is 4. The lowest BCUT2D eigenvalue weighted by molar-refractivity contribution is -0.150. The Bertz CT molecular complexity index is 98.3. The molecule has 1 aliphatic rings. The van der Waals surface area contributed by atoms with E-state index in [2.05, 4.69) is 12.2 Å². The predicted octanol–water partition coefficient (Wildman–Crippen LogP) is 0.747. The maximum absolute atomic E-state index is 5.62. The van der Waals surface area contributed by atoms with E-state index >= 15 is 0 Å². The molecule has 2 atom stereocenters. The molecule has 0 saturated carbocycles. The van der Waals surface area contributed by atoms with Gasteiger partial charge in [0.1, 0.15) is 0 Å². The minimum Gasteiger partial charge on any atom is -0.356 e. The van der Waals surface area contributed by atoms with Crippen molar-refractivity contribution in [1.29, 1.82) is 0 Å². The van der Waals surface area contributed by atoms with Crippen LogP contribution in [0, 0.1) is 0 Å². The Morgan fingerprint density at radius 2 is 2.45 bits per heavy atom. The van der Waals surface area contributed by atoms with Crippen LogP contribution in [0.5, 0.6) is 0 Å². The number of ether oxygens (including phenoxy) is 2. The van der Waals surface area contributed by atoms with Crippen LogP contribution in [0.2, 0.25) is 0 Å². The van der Waals surface area contributed by atoms with Crippen molar-refractivity contribution in [3.05, 3.63) is 0 Å². The zero-order valence-corrected chi connectivity index (χ0v) is 7.30. The Morgan fingerprint density at radius 3 is 2.91 bits per heavy atom. The summed E-state index contributed by atoms with van der Waals surface area (Å²) in [6.45, 7) is 4.11. The Balaban J connectivity index is 2.16. The zero-order chi connectivity index (χ0) is 8.10. The molecule has 0 aromatic carbocycles. The summed E-state index contributed by atoms with van der Waals surface area (Å²) in [6.07, 6.45) is 2.38. The third kappa shape index (κ3) is 2.77. The maximum Gasteiger partial charge on any atom is 0.157 e. The zero-order valence-electron chi connectivity index (χ0n) is 7.30. The largest absolute Gasteiger partial charge is 0.356 e. The topological polar surface area (TPSA) is 30.5 Å². The highest BCUT2D eigenvalue weighted by Crippen LogP contribution is 2.08. The number of hydrogen-bond donors (Lipinski definition) is 1. The first-order chi connectivity index (χ1) is 5.36. The molecule has 0 bridgehead atoms. The van der Waals surface area contributed by atoms with Gasteiger partial charge in [-0.05, 0) is 19.4 Å². The smallest absolute Gasteiger partial charge is 0.157 e. The van der Waals surface area contributed by atoms with E-state index in [1.807, 2.05) is 0 Å². The van der Waals surface area contributed by atoms with Gasteiger partial charge in [0.25, 0.3) is 0 Å². The van der Waals surface area contributed by atoms with E-state index in [1.165, 1.54) is 0 Å². The lowest BCUT2D eigenvalue weighted by Crippen LogP contribution is -2.24. The summed E-state index contributed by atoms with van der Waals surface area (Å²) in [4.78, 5) is 0. The van der Waals surface area contributed by atoms with Crippen LogP contribution < -0.4 is 5.32 Å². The average molecular weight is 159 g/mol. The molecule has 0 radical (unpaired) electrons. The molecular weight excluding hydrogens is 142 g/mol. The fraction of sp³-hybridized carbons (Fsp3) is 1.00. The summed E-state index contributed by atoms with van der Waals surface area (Å²) in [5.41, 5.74) is 0. The molecule has 1 fully saturated rings. The van der Waals surface area contributed by atoms with Crippen molar-refractivity contribution in [2.75, 3.05) is 20.2 Å². The average Bonchev–Trinajstić information content (AvgIpc) is 2.52. The van der Waals surface area contributed by atoms with Gasteiger partial charge in [-0.3, -0.25) is 0 Å². The molecule has 1 heterocycles. The molecule has 2 unspecified atom stereocenters. The van der Waals surface area contributed by atoms with Crippen LogP contribution in [0.3, 0.4) is 0 Å². The molecule has 0 aromatic rings. The van der Waals surface area contributed by atoms with Gasteiger partial charge in [-0.1, -0.05) is 6.92 Å². The summed E-state index contributed by atoms with van der Waals surface area (Å²) >= 11 is 0. The van der Waals surface area contributed by atoms with Crippen molar-refractivity contribution in [3.8, 4) is 0 Å². The van der Waals surface area contributed by atoms with Gasteiger partial charge in [-0.25, -0.2) is 0 Å². The monoisotopic (exact) mass is 159 g/mol. The molecule has 3 nitrogen and oxygen atoms in total. The second-order valence-electron chi connectivity index (χ2n) is 2.82. The molecule has 66 valence electrons. The van der Waals surface area contributed by atoms with Crippen molar-refractivity contribution in [3.63, 3.8) is 0 Å². The molecule has 11 heavy (non-hydrogen) atoms. The minimum atomic E-state index is -0.0140. The minimum absolute atomic E-state index is 0.0140. The van der Waals surface area contributed by atoms with Crippen LogP contribution in [-0.4, -0.2) is 32.6 Å². The summed E-state index contributed by atoms with van der Waals surface area (Å²) < 4.78 is 10.7. The van der Waals surface area contributed by atoms with E-state index in [1.54, 1.807) is 7.11 Å². The number of hydrogen-bond acceptors (Lipinski definition) is 3. The third-order valence-electron chi connectivity index (χ3n) is 1.96. The Labute approximate surface area is 68.1 Å². The summed E-state index contributed by atoms with van der Waals surface area (Å²) in [7, 11) is 1.69. The van der Waals surface area contributed by atoms with Gasteiger partial charge < -0.3 is 14.8 Å². The fourth-order valence-electron chi connectivity index (χ4n) is 1.28. The van der Waals surface area contributed by atoms with Crippen LogP contribution in [0.1, 0.15) is 19.8 Å². The molecule has 3 heteroatoms. The van der Waals surface area contributed by atoms with Crippen molar-refractivity contribution in [1.82, 2.24) is 5.32 Å². The predicted molar refractivity (Wildman–Crippen MR) is 43.4 cm³/mol.